The minimum Gasteiger partial charge on any atom is -0.242 e. The summed E-state index contributed by atoms with van der Waals surface area (Å²) in [6.45, 7) is 9.02. The van der Waals surface area contributed by atoms with Gasteiger partial charge in [0.15, 0.2) is 0 Å². The van der Waals surface area contributed by atoms with Gasteiger partial charge < -0.3 is 0 Å². The molecule has 0 aliphatic carbocycles. The highest BCUT2D eigenvalue weighted by Gasteiger charge is 2.35. The Balaban J connectivity index is 2.29. The van der Waals surface area contributed by atoms with Gasteiger partial charge in [-0.2, -0.15) is 0 Å². The standard InChI is InChI=1S/C13H19NOS/c1-10-12-8-6-5-7-11(12)9-14(10)16(15)13(2,3)4/h5-8,10H,9H2,1-4H3. The lowest BCUT2D eigenvalue weighted by atomic mass is 10.1. The minimum absolute atomic E-state index is 0.184. The largest absolute Gasteiger partial charge is 0.242 e. The fourth-order valence-corrected chi connectivity index (χ4v) is 3.46. The van der Waals surface area contributed by atoms with Gasteiger partial charge in [-0.05, 0) is 38.8 Å². The summed E-state index contributed by atoms with van der Waals surface area (Å²) in [4.78, 5) is 0. The molecule has 0 amide bonds. The normalized spacial score (nSPS) is 23.1. The Morgan fingerprint density at radius 3 is 2.50 bits per heavy atom. The number of fused-ring (bicyclic) bond motifs is 1. The third kappa shape index (κ3) is 1.94. The first-order valence-electron chi connectivity index (χ1n) is 5.67. The van der Waals surface area contributed by atoms with Crippen molar-refractivity contribution in [2.75, 3.05) is 0 Å². The highest BCUT2D eigenvalue weighted by atomic mass is 32.2. The Morgan fingerprint density at radius 2 is 1.94 bits per heavy atom. The second kappa shape index (κ2) is 3.97. The average Bonchev–Trinajstić information content (AvgIpc) is 2.54. The number of benzene rings is 1. The lowest BCUT2D eigenvalue weighted by Crippen LogP contribution is -2.35. The third-order valence-electron chi connectivity index (χ3n) is 3.00. The molecule has 1 heterocycles. The summed E-state index contributed by atoms with van der Waals surface area (Å²) >= 11 is 0. The van der Waals surface area contributed by atoms with Crippen molar-refractivity contribution in [1.29, 1.82) is 0 Å². The van der Waals surface area contributed by atoms with E-state index in [0.717, 1.165) is 6.54 Å². The molecule has 1 aliphatic heterocycles. The number of hydrogen-bond donors (Lipinski definition) is 0. The number of rotatable bonds is 1. The molecule has 2 rings (SSSR count). The third-order valence-corrected chi connectivity index (χ3v) is 4.92. The number of nitrogens with zero attached hydrogens (tertiary/aromatic N) is 1. The van der Waals surface area contributed by atoms with Gasteiger partial charge in [-0.3, -0.25) is 0 Å². The van der Waals surface area contributed by atoms with Crippen LogP contribution in [0.2, 0.25) is 0 Å². The quantitative estimate of drug-likeness (QED) is 0.735. The molecule has 0 N–H and O–H groups in total. The van der Waals surface area contributed by atoms with Crippen LogP contribution in [0.15, 0.2) is 24.3 Å². The number of hydrogen-bond acceptors (Lipinski definition) is 1. The van der Waals surface area contributed by atoms with Crippen LogP contribution in [0, 0.1) is 0 Å². The first-order chi connectivity index (χ1) is 7.41. The molecule has 0 saturated carbocycles. The van der Waals surface area contributed by atoms with Gasteiger partial charge in [0.1, 0.15) is 11.0 Å². The van der Waals surface area contributed by atoms with Gasteiger partial charge in [0.2, 0.25) is 0 Å². The van der Waals surface area contributed by atoms with Gasteiger partial charge in [0.25, 0.3) is 0 Å². The highest BCUT2D eigenvalue weighted by molar-refractivity contribution is 7.84. The van der Waals surface area contributed by atoms with Crippen LogP contribution in [0.1, 0.15) is 44.9 Å². The van der Waals surface area contributed by atoms with E-state index in [0.29, 0.717) is 0 Å². The molecule has 2 unspecified atom stereocenters. The fourth-order valence-electron chi connectivity index (χ4n) is 2.10. The molecule has 0 spiro atoms. The lowest BCUT2D eigenvalue weighted by Gasteiger charge is -2.28. The Morgan fingerprint density at radius 1 is 1.31 bits per heavy atom. The van der Waals surface area contributed by atoms with Crippen molar-refractivity contribution in [2.45, 2.75) is 45.0 Å². The van der Waals surface area contributed by atoms with Gasteiger partial charge in [-0.15, -0.1) is 0 Å². The van der Waals surface area contributed by atoms with Crippen LogP contribution in [0.5, 0.6) is 0 Å². The summed E-state index contributed by atoms with van der Waals surface area (Å²) in [5.74, 6) is 0. The molecule has 1 aromatic rings. The van der Waals surface area contributed by atoms with Crippen LogP contribution < -0.4 is 0 Å². The Hall–Kier alpha value is -0.670. The molecule has 2 atom stereocenters. The van der Waals surface area contributed by atoms with Crippen molar-refractivity contribution in [2.24, 2.45) is 0 Å². The molecule has 0 fully saturated rings. The van der Waals surface area contributed by atoms with E-state index in [1.54, 1.807) is 0 Å². The van der Waals surface area contributed by atoms with Gasteiger partial charge in [-0.25, -0.2) is 8.51 Å². The molecular formula is C13H19NOS. The molecule has 0 saturated heterocycles. The maximum Gasteiger partial charge on any atom is 0.101 e. The van der Waals surface area contributed by atoms with Crippen LogP contribution in [0.3, 0.4) is 0 Å². The Kier molecular flexibility index (Phi) is 2.93. The molecule has 88 valence electrons. The maximum atomic E-state index is 12.4. The SMILES string of the molecule is CC1c2ccccc2CN1S(=O)C(C)(C)C. The smallest absolute Gasteiger partial charge is 0.101 e. The molecule has 1 aromatic carbocycles. The average molecular weight is 237 g/mol. The Bertz CT molecular complexity index is 422. The summed E-state index contributed by atoms with van der Waals surface area (Å²) in [6.07, 6.45) is 0. The van der Waals surface area contributed by atoms with Crippen LogP contribution in [0.4, 0.5) is 0 Å². The van der Waals surface area contributed by atoms with Gasteiger partial charge in [0.05, 0.1) is 4.75 Å². The van der Waals surface area contributed by atoms with Crippen LogP contribution in [-0.2, 0) is 17.5 Å². The van der Waals surface area contributed by atoms with Crippen molar-refractivity contribution in [3.63, 3.8) is 0 Å². The first kappa shape index (κ1) is 11.8. The zero-order valence-corrected chi connectivity index (χ0v) is 11.2. The summed E-state index contributed by atoms with van der Waals surface area (Å²) < 4.78 is 14.3. The van der Waals surface area contributed by atoms with Gasteiger partial charge in [-0.1, -0.05) is 24.3 Å². The Labute approximate surface area is 100 Å². The van der Waals surface area contributed by atoms with E-state index in [2.05, 4.69) is 35.5 Å². The van der Waals surface area contributed by atoms with E-state index in [9.17, 15) is 4.21 Å². The summed E-state index contributed by atoms with van der Waals surface area (Å²) in [6, 6.07) is 8.63. The summed E-state index contributed by atoms with van der Waals surface area (Å²) in [7, 11) is -0.936. The van der Waals surface area contributed by atoms with Crippen molar-refractivity contribution in [3.05, 3.63) is 35.4 Å². The van der Waals surface area contributed by atoms with E-state index < -0.39 is 11.0 Å². The van der Waals surface area contributed by atoms with Crippen molar-refractivity contribution < 1.29 is 4.21 Å². The van der Waals surface area contributed by atoms with Crippen LogP contribution in [0.25, 0.3) is 0 Å². The second-order valence-corrected chi connectivity index (χ2v) is 7.50. The summed E-state index contributed by atoms with van der Waals surface area (Å²) in [5, 5.41) is 0. The predicted molar refractivity (Wildman–Crippen MR) is 68.3 cm³/mol. The van der Waals surface area contributed by atoms with Gasteiger partial charge in [0, 0.05) is 12.6 Å². The fraction of sp³-hybridized carbons (Fsp3) is 0.538. The van der Waals surface area contributed by atoms with E-state index in [4.69, 9.17) is 0 Å². The van der Waals surface area contributed by atoms with E-state index in [1.165, 1.54) is 11.1 Å². The highest BCUT2D eigenvalue weighted by Crippen LogP contribution is 2.36. The second-order valence-electron chi connectivity index (χ2n) is 5.31. The van der Waals surface area contributed by atoms with Crippen LogP contribution in [-0.4, -0.2) is 13.3 Å². The van der Waals surface area contributed by atoms with Crippen molar-refractivity contribution in [1.82, 2.24) is 4.31 Å². The molecule has 0 bridgehead atoms. The van der Waals surface area contributed by atoms with Crippen molar-refractivity contribution in [3.8, 4) is 0 Å². The van der Waals surface area contributed by atoms with Gasteiger partial charge >= 0.3 is 0 Å². The molecule has 0 aromatic heterocycles. The zero-order valence-electron chi connectivity index (χ0n) is 10.4. The summed E-state index contributed by atoms with van der Waals surface area (Å²) in [5.41, 5.74) is 2.63. The predicted octanol–water partition coefficient (Wildman–Crippen LogP) is 3.03. The van der Waals surface area contributed by atoms with Crippen LogP contribution >= 0.6 is 0 Å². The van der Waals surface area contributed by atoms with E-state index in [1.807, 2.05) is 20.8 Å². The maximum absolute atomic E-state index is 12.4. The molecule has 3 heteroatoms. The molecule has 2 nitrogen and oxygen atoms in total. The van der Waals surface area contributed by atoms with E-state index in [-0.39, 0.29) is 10.8 Å². The topological polar surface area (TPSA) is 20.3 Å². The lowest BCUT2D eigenvalue weighted by molar-refractivity contribution is 0.387. The molecule has 16 heavy (non-hydrogen) atoms. The molecule has 1 aliphatic rings. The van der Waals surface area contributed by atoms with E-state index >= 15 is 0 Å². The molecule has 0 radical (unpaired) electrons. The molecular weight excluding hydrogens is 218 g/mol. The monoisotopic (exact) mass is 237 g/mol. The van der Waals surface area contributed by atoms with Crippen molar-refractivity contribution >= 4 is 11.0 Å². The minimum atomic E-state index is -0.936. The zero-order chi connectivity index (χ0) is 11.9. The first-order valence-corrected chi connectivity index (χ1v) is 6.78.